The molecule has 9 nitrogen and oxygen atoms in total. The van der Waals surface area contributed by atoms with Gasteiger partial charge in [0, 0.05) is 18.6 Å². The van der Waals surface area contributed by atoms with Crippen LogP contribution >= 0.6 is 0 Å². The van der Waals surface area contributed by atoms with Gasteiger partial charge in [-0.3, -0.25) is 4.90 Å². The fourth-order valence-corrected chi connectivity index (χ4v) is 5.66. The molecule has 1 N–H and O–H groups in total. The van der Waals surface area contributed by atoms with E-state index in [-0.39, 0.29) is 11.7 Å². The molecule has 2 aromatic heterocycles. The fourth-order valence-electron chi connectivity index (χ4n) is 5.66. The van der Waals surface area contributed by atoms with Crippen LogP contribution in [0.25, 0.3) is 6.08 Å². The highest BCUT2D eigenvalue weighted by Crippen LogP contribution is 2.49. The van der Waals surface area contributed by atoms with E-state index in [4.69, 9.17) is 19.0 Å². The van der Waals surface area contributed by atoms with E-state index in [9.17, 15) is 9.18 Å². The normalized spacial score (nSPS) is 19.3. The predicted molar refractivity (Wildman–Crippen MR) is 148 cm³/mol. The van der Waals surface area contributed by atoms with E-state index < -0.39 is 11.8 Å². The monoisotopic (exact) mass is 558 g/mol. The smallest absolute Gasteiger partial charge is 0.328 e. The minimum Gasteiger partial charge on any atom is -0.478 e. The van der Waals surface area contributed by atoms with Crippen LogP contribution in [0, 0.1) is 12.7 Å². The number of benzene rings is 2. The van der Waals surface area contributed by atoms with Gasteiger partial charge in [-0.25, -0.2) is 19.2 Å². The number of aromatic nitrogens is 3. The first-order chi connectivity index (χ1) is 19.8. The zero-order valence-corrected chi connectivity index (χ0v) is 22.9. The number of hydrogen-bond acceptors (Lipinski definition) is 7. The van der Waals surface area contributed by atoms with Gasteiger partial charge in [-0.05, 0) is 68.6 Å². The molecule has 2 aliphatic rings. The SMILES string of the molecule is Cc1ccc(C2(C)Oc3cccc(C4CCN(Cc5ncc(/C=C/C(=O)O)n5Cc5ncco5)CC4)c3O2)c(F)c1. The standard InChI is InChI=1S/C31H31FN4O5/c1-20-6-8-24(25(32)16-20)31(2)40-26-5-3-4-23(30(26)41-31)21-10-13-35(14-11-21)18-27-34-17-22(7-9-29(37)38)36(27)19-28-33-12-15-39-28/h3-9,12,15-17,21H,10-11,13-14,18-19H2,1-2H3,(H,37,38)/b9-7+. The predicted octanol–water partition coefficient (Wildman–Crippen LogP) is 5.49. The Morgan fingerprint density at radius 3 is 2.73 bits per heavy atom. The lowest BCUT2D eigenvalue weighted by Gasteiger charge is -2.32. The summed E-state index contributed by atoms with van der Waals surface area (Å²) in [5, 5.41) is 9.09. The number of halogens is 1. The van der Waals surface area contributed by atoms with Crippen LogP contribution in [0.4, 0.5) is 4.39 Å². The fraction of sp³-hybridized carbons (Fsp3) is 0.323. The molecule has 6 rings (SSSR count). The van der Waals surface area contributed by atoms with Crippen LogP contribution in [0.1, 0.15) is 59.8 Å². The number of rotatable bonds is 8. The van der Waals surface area contributed by atoms with Crippen molar-refractivity contribution in [1.29, 1.82) is 0 Å². The summed E-state index contributed by atoms with van der Waals surface area (Å²) in [7, 11) is 0. The van der Waals surface area contributed by atoms with E-state index in [1.165, 1.54) is 18.4 Å². The molecule has 2 aliphatic heterocycles. The third-order valence-electron chi connectivity index (χ3n) is 7.76. The number of carboxylic acids is 1. The van der Waals surface area contributed by atoms with Gasteiger partial charge in [-0.15, -0.1) is 0 Å². The number of nitrogens with zero attached hydrogens (tertiary/aromatic N) is 4. The van der Waals surface area contributed by atoms with Crippen LogP contribution in [0.3, 0.4) is 0 Å². The molecule has 4 heterocycles. The molecule has 0 aliphatic carbocycles. The van der Waals surface area contributed by atoms with Crippen molar-refractivity contribution in [3.8, 4) is 11.5 Å². The number of carboxylic acid groups (broad SMARTS) is 1. The lowest BCUT2D eigenvalue weighted by atomic mass is 9.88. The molecule has 1 unspecified atom stereocenters. The van der Waals surface area contributed by atoms with Crippen LogP contribution in [0.15, 0.2) is 65.5 Å². The maximum atomic E-state index is 14.9. The van der Waals surface area contributed by atoms with Gasteiger partial charge in [0.1, 0.15) is 24.4 Å². The Morgan fingerprint density at radius 1 is 1.17 bits per heavy atom. The summed E-state index contributed by atoms with van der Waals surface area (Å²) in [6, 6.07) is 11.0. The summed E-state index contributed by atoms with van der Waals surface area (Å²) in [6.07, 6.45) is 9.20. The number of aryl methyl sites for hydroxylation is 1. The Bertz CT molecular complexity index is 1590. The van der Waals surface area contributed by atoms with Crippen molar-refractivity contribution < 1.29 is 28.2 Å². The topological polar surface area (TPSA) is 103 Å². The molecule has 1 fully saturated rings. The largest absolute Gasteiger partial charge is 0.478 e. The van der Waals surface area contributed by atoms with Crippen LogP contribution in [0.5, 0.6) is 11.5 Å². The van der Waals surface area contributed by atoms with Crippen molar-refractivity contribution in [3.05, 3.63) is 101 Å². The first-order valence-electron chi connectivity index (χ1n) is 13.6. The Morgan fingerprint density at radius 2 is 2.00 bits per heavy atom. The number of aliphatic carboxylic acids is 1. The average Bonchev–Trinajstić information content (AvgIpc) is 3.67. The number of ether oxygens (including phenoxy) is 2. The highest BCUT2D eigenvalue weighted by atomic mass is 19.1. The quantitative estimate of drug-likeness (QED) is 0.283. The second kappa shape index (κ2) is 10.9. The number of imidazole rings is 1. The maximum absolute atomic E-state index is 14.9. The summed E-state index contributed by atoms with van der Waals surface area (Å²) >= 11 is 0. The van der Waals surface area contributed by atoms with E-state index in [2.05, 4.69) is 20.9 Å². The van der Waals surface area contributed by atoms with E-state index in [1.807, 2.05) is 29.7 Å². The number of piperidine rings is 1. The molecule has 1 atom stereocenters. The number of fused-ring (bicyclic) bond motifs is 1. The van der Waals surface area contributed by atoms with Gasteiger partial charge in [-0.2, -0.15) is 0 Å². The maximum Gasteiger partial charge on any atom is 0.328 e. The van der Waals surface area contributed by atoms with Gasteiger partial charge in [-0.1, -0.05) is 18.2 Å². The molecule has 1 saturated heterocycles. The number of hydrogen-bond donors (Lipinski definition) is 1. The molecule has 4 aromatic rings. The Hall–Kier alpha value is -4.44. The van der Waals surface area contributed by atoms with Crippen molar-refractivity contribution >= 4 is 12.0 Å². The summed E-state index contributed by atoms with van der Waals surface area (Å²) in [5.74, 6) is 0.291. The van der Waals surface area contributed by atoms with Crippen LogP contribution in [-0.2, 0) is 23.7 Å². The molecule has 0 bridgehead atoms. The molecule has 10 heteroatoms. The Kier molecular flexibility index (Phi) is 7.08. The van der Waals surface area contributed by atoms with Crippen molar-refractivity contribution in [2.75, 3.05) is 13.1 Å². The third kappa shape index (κ3) is 5.47. The first-order valence-corrected chi connectivity index (χ1v) is 13.6. The van der Waals surface area contributed by atoms with Crippen molar-refractivity contribution in [2.45, 2.75) is 51.5 Å². The van der Waals surface area contributed by atoms with Gasteiger partial charge in [0.25, 0.3) is 5.79 Å². The third-order valence-corrected chi connectivity index (χ3v) is 7.76. The number of carbonyl (C=O) groups is 1. The van der Waals surface area contributed by atoms with Crippen LogP contribution in [-0.4, -0.2) is 43.6 Å². The minimum atomic E-state index is -1.23. The second-order valence-corrected chi connectivity index (χ2v) is 10.6. The summed E-state index contributed by atoms with van der Waals surface area (Å²) in [4.78, 5) is 22.2. The molecule has 0 saturated carbocycles. The molecule has 0 amide bonds. The zero-order valence-electron chi connectivity index (χ0n) is 22.9. The number of oxazole rings is 1. The zero-order chi connectivity index (χ0) is 28.6. The summed E-state index contributed by atoms with van der Waals surface area (Å²) in [6.45, 7) is 6.24. The molecular weight excluding hydrogens is 527 g/mol. The number of para-hydroxylation sites is 1. The summed E-state index contributed by atoms with van der Waals surface area (Å²) in [5.41, 5.74) is 2.95. The molecule has 0 radical (unpaired) electrons. The second-order valence-electron chi connectivity index (χ2n) is 10.6. The van der Waals surface area contributed by atoms with E-state index in [0.29, 0.717) is 41.7 Å². The Labute approximate surface area is 236 Å². The van der Waals surface area contributed by atoms with Gasteiger partial charge in [0.2, 0.25) is 5.89 Å². The highest BCUT2D eigenvalue weighted by molar-refractivity contribution is 5.84. The van der Waals surface area contributed by atoms with Crippen molar-refractivity contribution in [1.82, 2.24) is 19.4 Å². The van der Waals surface area contributed by atoms with Crippen molar-refractivity contribution in [3.63, 3.8) is 0 Å². The van der Waals surface area contributed by atoms with Gasteiger partial charge in [0.15, 0.2) is 11.5 Å². The molecule has 0 spiro atoms. The van der Waals surface area contributed by atoms with Gasteiger partial charge in [0.05, 0.1) is 30.2 Å². The lowest BCUT2D eigenvalue weighted by molar-refractivity contribution is -0.131. The van der Waals surface area contributed by atoms with Crippen LogP contribution in [0.2, 0.25) is 0 Å². The van der Waals surface area contributed by atoms with E-state index in [0.717, 1.165) is 49.0 Å². The molecular formula is C31H31FN4O5. The van der Waals surface area contributed by atoms with Gasteiger partial charge < -0.3 is 23.6 Å². The van der Waals surface area contributed by atoms with E-state index in [1.54, 1.807) is 25.4 Å². The minimum absolute atomic E-state index is 0.260. The summed E-state index contributed by atoms with van der Waals surface area (Å²) < 4.78 is 34.8. The molecule has 41 heavy (non-hydrogen) atoms. The lowest BCUT2D eigenvalue weighted by Crippen LogP contribution is -2.34. The Balaban J connectivity index is 1.16. The molecule has 212 valence electrons. The van der Waals surface area contributed by atoms with Crippen molar-refractivity contribution in [2.24, 2.45) is 0 Å². The van der Waals surface area contributed by atoms with Crippen LogP contribution < -0.4 is 9.47 Å². The highest BCUT2D eigenvalue weighted by Gasteiger charge is 2.42. The van der Waals surface area contributed by atoms with E-state index >= 15 is 0 Å². The first kappa shape index (κ1) is 26.8. The molecule has 2 aromatic carbocycles. The average molecular weight is 559 g/mol. The number of likely N-dealkylation sites (tertiary alicyclic amines) is 1. The van der Waals surface area contributed by atoms with Gasteiger partial charge >= 0.3 is 5.97 Å².